The Morgan fingerprint density at radius 2 is 1.84 bits per heavy atom. The summed E-state index contributed by atoms with van der Waals surface area (Å²) in [6.07, 6.45) is 0. The molecular weight excluding hydrogens is 240 g/mol. The normalized spacial score (nSPS) is 15.5. The zero-order valence-corrected chi connectivity index (χ0v) is 10.6. The molecule has 2 N–H and O–H groups in total. The Hall–Kier alpha value is -2.14. The van der Waals surface area contributed by atoms with Crippen LogP contribution in [0.4, 0.5) is 5.82 Å². The van der Waals surface area contributed by atoms with Gasteiger partial charge in [0.1, 0.15) is 0 Å². The molecule has 0 radical (unpaired) electrons. The summed E-state index contributed by atoms with van der Waals surface area (Å²) in [5.41, 5.74) is 1.70. The molecule has 1 aromatic heterocycles. The van der Waals surface area contributed by atoms with Crippen LogP contribution in [0.1, 0.15) is 0 Å². The first-order valence-corrected chi connectivity index (χ1v) is 6.45. The zero-order chi connectivity index (χ0) is 13.1. The highest BCUT2D eigenvalue weighted by Gasteiger charge is 2.15. The van der Waals surface area contributed by atoms with Gasteiger partial charge in [-0.1, -0.05) is 30.3 Å². The van der Waals surface area contributed by atoms with Crippen molar-refractivity contribution in [2.24, 2.45) is 0 Å². The number of hydrogen-bond donors (Lipinski definition) is 2. The maximum atomic E-state index is 12.2. The predicted octanol–water partition coefficient (Wildman–Crippen LogP) is 0.846. The van der Waals surface area contributed by atoms with E-state index in [-0.39, 0.29) is 5.43 Å². The Labute approximate surface area is 111 Å². The number of hydrogen-bond acceptors (Lipinski definition) is 4. The van der Waals surface area contributed by atoms with Crippen LogP contribution in [0.2, 0.25) is 0 Å². The van der Waals surface area contributed by atoms with Gasteiger partial charge >= 0.3 is 0 Å². The molecule has 0 saturated carbocycles. The third kappa shape index (κ3) is 2.51. The molecule has 1 aromatic carbocycles. The van der Waals surface area contributed by atoms with Crippen molar-refractivity contribution in [2.45, 2.75) is 0 Å². The zero-order valence-electron chi connectivity index (χ0n) is 10.6. The van der Waals surface area contributed by atoms with Crippen LogP contribution in [0, 0.1) is 0 Å². The molecule has 1 aliphatic heterocycles. The van der Waals surface area contributed by atoms with Crippen LogP contribution in [0.3, 0.4) is 0 Å². The number of rotatable bonds is 2. The minimum Gasteiger partial charge on any atom is -0.349 e. The molecule has 1 saturated heterocycles. The van der Waals surface area contributed by atoms with Crippen LogP contribution in [0.15, 0.2) is 41.2 Å². The fourth-order valence-corrected chi connectivity index (χ4v) is 2.26. The first kappa shape index (κ1) is 11.9. The first-order chi connectivity index (χ1) is 9.34. The summed E-state index contributed by atoms with van der Waals surface area (Å²) in [4.78, 5) is 14.2. The maximum Gasteiger partial charge on any atom is 0.224 e. The van der Waals surface area contributed by atoms with Crippen LogP contribution >= 0.6 is 0 Å². The van der Waals surface area contributed by atoms with Crippen LogP contribution in [0.5, 0.6) is 0 Å². The van der Waals surface area contributed by atoms with Gasteiger partial charge in [0.25, 0.3) is 0 Å². The Morgan fingerprint density at radius 1 is 1.11 bits per heavy atom. The van der Waals surface area contributed by atoms with E-state index in [1.807, 2.05) is 35.2 Å². The smallest absolute Gasteiger partial charge is 0.224 e. The Balaban J connectivity index is 1.92. The van der Waals surface area contributed by atoms with Crippen molar-refractivity contribution in [3.8, 4) is 11.3 Å². The van der Waals surface area contributed by atoms with Crippen molar-refractivity contribution in [2.75, 3.05) is 31.1 Å². The Morgan fingerprint density at radius 3 is 2.53 bits per heavy atom. The molecule has 1 fully saturated rings. The summed E-state index contributed by atoms with van der Waals surface area (Å²) >= 11 is 0. The highest BCUT2D eigenvalue weighted by atomic mass is 16.1. The largest absolute Gasteiger partial charge is 0.349 e. The molecule has 0 aliphatic carbocycles. The van der Waals surface area contributed by atoms with E-state index in [0.717, 1.165) is 37.4 Å². The van der Waals surface area contributed by atoms with Gasteiger partial charge in [0.15, 0.2) is 5.82 Å². The molecule has 0 amide bonds. The number of benzene rings is 1. The minimum absolute atomic E-state index is 0.0282. The molecule has 2 heterocycles. The van der Waals surface area contributed by atoms with Crippen LogP contribution < -0.4 is 15.6 Å². The van der Waals surface area contributed by atoms with Gasteiger partial charge in [-0.25, -0.2) is 0 Å². The standard InChI is InChI=1S/C14H16N4O/c19-13-10-12(11-4-2-1-3-5-11)16-17-14(13)18-8-6-15-7-9-18/h1-5,10,15H,6-9H2,(H,16,19). The third-order valence-corrected chi connectivity index (χ3v) is 3.28. The van der Waals surface area contributed by atoms with Crippen LogP contribution in [0.25, 0.3) is 11.3 Å². The van der Waals surface area contributed by atoms with E-state index in [1.165, 1.54) is 0 Å². The molecule has 0 bridgehead atoms. The molecule has 0 spiro atoms. The van der Waals surface area contributed by atoms with Crippen molar-refractivity contribution >= 4 is 5.82 Å². The fourth-order valence-electron chi connectivity index (χ4n) is 2.26. The topological polar surface area (TPSA) is 61.0 Å². The van der Waals surface area contributed by atoms with E-state index in [2.05, 4.69) is 15.5 Å². The van der Waals surface area contributed by atoms with Crippen LogP contribution in [-0.2, 0) is 0 Å². The van der Waals surface area contributed by atoms with E-state index < -0.39 is 0 Å². The van der Waals surface area contributed by atoms with E-state index in [0.29, 0.717) is 5.82 Å². The number of aromatic nitrogens is 2. The van der Waals surface area contributed by atoms with E-state index in [4.69, 9.17) is 0 Å². The Bertz CT molecular complexity index is 602. The van der Waals surface area contributed by atoms with Crippen LogP contribution in [-0.4, -0.2) is 36.4 Å². The molecule has 19 heavy (non-hydrogen) atoms. The fraction of sp³-hybridized carbons (Fsp3) is 0.286. The third-order valence-electron chi connectivity index (χ3n) is 3.28. The van der Waals surface area contributed by atoms with Gasteiger partial charge in [-0.15, -0.1) is 0 Å². The highest BCUT2D eigenvalue weighted by molar-refractivity contribution is 5.59. The number of nitrogens with one attached hydrogen (secondary N) is 2. The van der Waals surface area contributed by atoms with Gasteiger partial charge in [-0.3, -0.25) is 9.89 Å². The number of H-pyrrole nitrogens is 1. The van der Waals surface area contributed by atoms with Gasteiger partial charge in [-0.2, -0.15) is 5.10 Å². The van der Waals surface area contributed by atoms with E-state index >= 15 is 0 Å². The second kappa shape index (κ2) is 5.24. The van der Waals surface area contributed by atoms with Gasteiger partial charge in [0, 0.05) is 32.2 Å². The summed E-state index contributed by atoms with van der Waals surface area (Å²) in [5.74, 6) is 0.515. The molecule has 5 heteroatoms. The Kier molecular flexibility index (Phi) is 3.29. The van der Waals surface area contributed by atoms with Crippen molar-refractivity contribution in [3.05, 3.63) is 46.6 Å². The first-order valence-electron chi connectivity index (χ1n) is 6.45. The lowest BCUT2D eigenvalue weighted by atomic mass is 10.1. The number of aromatic amines is 1. The minimum atomic E-state index is -0.0282. The molecule has 98 valence electrons. The second-order valence-corrected chi connectivity index (χ2v) is 4.57. The monoisotopic (exact) mass is 256 g/mol. The van der Waals surface area contributed by atoms with E-state index in [1.54, 1.807) is 6.07 Å². The summed E-state index contributed by atoms with van der Waals surface area (Å²) in [5, 5.41) is 10.5. The lowest BCUT2D eigenvalue weighted by Crippen LogP contribution is -2.45. The average Bonchev–Trinajstić information content (AvgIpc) is 2.49. The maximum absolute atomic E-state index is 12.2. The second-order valence-electron chi connectivity index (χ2n) is 4.57. The van der Waals surface area contributed by atoms with Crippen molar-refractivity contribution < 1.29 is 0 Å². The van der Waals surface area contributed by atoms with Crippen molar-refractivity contribution in [1.82, 2.24) is 15.5 Å². The van der Waals surface area contributed by atoms with Crippen molar-refractivity contribution in [1.29, 1.82) is 0 Å². The molecule has 3 rings (SSSR count). The molecule has 0 atom stereocenters. The molecule has 0 unspecified atom stereocenters. The lowest BCUT2D eigenvalue weighted by Gasteiger charge is -2.27. The van der Waals surface area contributed by atoms with E-state index in [9.17, 15) is 4.79 Å². The molecule has 5 nitrogen and oxygen atoms in total. The quantitative estimate of drug-likeness (QED) is 0.836. The summed E-state index contributed by atoms with van der Waals surface area (Å²) in [7, 11) is 0. The SMILES string of the molecule is O=c1cc(-c2ccccc2)[nH]nc1N1CCNCC1. The van der Waals surface area contributed by atoms with Gasteiger partial charge < -0.3 is 10.2 Å². The summed E-state index contributed by atoms with van der Waals surface area (Å²) in [6.45, 7) is 3.42. The number of nitrogens with zero attached hydrogens (tertiary/aromatic N) is 2. The lowest BCUT2D eigenvalue weighted by molar-refractivity contribution is 0.581. The number of anilines is 1. The molecule has 2 aromatic rings. The number of piperazine rings is 1. The van der Waals surface area contributed by atoms with Crippen molar-refractivity contribution in [3.63, 3.8) is 0 Å². The van der Waals surface area contributed by atoms with Gasteiger partial charge in [0.2, 0.25) is 5.43 Å². The summed E-state index contributed by atoms with van der Waals surface area (Å²) < 4.78 is 0. The summed E-state index contributed by atoms with van der Waals surface area (Å²) in [6, 6.07) is 11.4. The molecule has 1 aliphatic rings. The highest BCUT2D eigenvalue weighted by Crippen LogP contribution is 2.15. The molecular formula is C14H16N4O. The predicted molar refractivity (Wildman–Crippen MR) is 75.4 cm³/mol. The average molecular weight is 256 g/mol. The van der Waals surface area contributed by atoms with Gasteiger partial charge in [-0.05, 0) is 5.56 Å². The van der Waals surface area contributed by atoms with Gasteiger partial charge in [0.05, 0.1) is 5.69 Å².